The number of Topliss-reactive ketones (excluding diaryl/α,β-unsaturated/α-hetero) is 1. The smallest absolute Gasteiger partial charge is 0.168 e. The summed E-state index contributed by atoms with van der Waals surface area (Å²) in [6.45, 7) is 0. The second kappa shape index (κ2) is 4.74. The fraction of sp³-hybridized carbons (Fsp3) is 0.0625. The van der Waals surface area contributed by atoms with Crippen LogP contribution in [-0.4, -0.2) is 16.0 Å². The predicted molar refractivity (Wildman–Crippen MR) is 74.0 cm³/mol. The van der Waals surface area contributed by atoms with Gasteiger partial charge in [0.1, 0.15) is 5.58 Å². The van der Waals surface area contributed by atoms with E-state index in [0.717, 1.165) is 0 Å². The number of phenols is 2. The highest BCUT2D eigenvalue weighted by molar-refractivity contribution is 6.00. The summed E-state index contributed by atoms with van der Waals surface area (Å²) in [5.74, 6) is -0.562. The van der Waals surface area contributed by atoms with E-state index in [-0.39, 0.29) is 23.7 Å². The van der Waals surface area contributed by atoms with Gasteiger partial charge < -0.3 is 14.6 Å². The number of ketones is 1. The zero-order chi connectivity index (χ0) is 14.1. The Balaban J connectivity index is 2.01. The maximum absolute atomic E-state index is 12.2. The summed E-state index contributed by atoms with van der Waals surface area (Å²) in [4.78, 5) is 12.2. The molecule has 0 fully saturated rings. The topological polar surface area (TPSA) is 70.7 Å². The maximum Gasteiger partial charge on any atom is 0.168 e. The van der Waals surface area contributed by atoms with Crippen LogP contribution >= 0.6 is 0 Å². The molecule has 0 spiro atoms. The molecule has 100 valence electrons. The molecule has 4 nitrogen and oxygen atoms in total. The molecule has 1 aromatic heterocycles. The average Bonchev–Trinajstić information content (AvgIpc) is 2.95. The minimum absolute atomic E-state index is 0.0756. The quantitative estimate of drug-likeness (QED) is 0.565. The van der Waals surface area contributed by atoms with Crippen molar-refractivity contribution in [3.63, 3.8) is 0 Å². The Labute approximate surface area is 114 Å². The zero-order valence-corrected chi connectivity index (χ0v) is 10.5. The Morgan fingerprint density at radius 3 is 2.60 bits per heavy atom. The van der Waals surface area contributed by atoms with Gasteiger partial charge in [0.25, 0.3) is 0 Å². The second-order valence-corrected chi connectivity index (χ2v) is 4.53. The molecule has 0 radical (unpaired) electrons. The molecule has 0 amide bonds. The lowest BCUT2D eigenvalue weighted by Gasteiger charge is -2.05. The number of carbonyl (C=O) groups is 1. The van der Waals surface area contributed by atoms with Crippen LogP contribution in [0.15, 0.2) is 53.1 Å². The van der Waals surface area contributed by atoms with Crippen molar-refractivity contribution >= 4 is 16.8 Å². The van der Waals surface area contributed by atoms with Crippen LogP contribution in [0.2, 0.25) is 0 Å². The van der Waals surface area contributed by atoms with Crippen molar-refractivity contribution in [2.45, 2.75) is 6.42 Å². The number of carbonyl (C=O) groups excluding carboxylic acids is 1. The van der Waals surface area contributed by atoms with Gasteiger partial charge in [-0.3, -0.25) is 4.79 Å². The summed E-state index contributed by atoms with van der Waals surface area (Å²) in [7, 11) is 0. The standard InChI is InChI=1S/C16H12O4/c17-13(10-4-2-1-3-5-10)8-11-9-14(18)15(19)12-6-7-20-16(11)12/h1-7,9,18-19H,8H2. The normalized spacial score (nSPS) is 10.8. The average molecular weight is 268 g/mol. The Morgan fingerprint density at radius 1 is 1.10 bits per heavy atom. The van der Waals surface area contributed by atoms with Crippen LogP contribution in [0.25, 0.3) is 11.0 Å². The van der Waals surface area contributed by atoms with E-state index in [1.807, 2.05) is 6.07 Å². The Kier molecular flexibility index (Phi) is 2.91. The third kappa shape index (κ3) is 2.01. The van der Waals surface area contributed by atoms with Gasteiger partial charge in [0.15, 0.2) is 17.3 Å². The molecule has 0 aliphatic carbocycles. The van der Waals surface area contributed by atoms with Gasteiger partial charge in [-0.2, -0.15) is 0 Å². The molecule has 2 N–H and O–H groups in total. The minimum Gasteiger partial charge on any atom is -0.504 e. The Bertz CT molecular complexity index is 772. The third-order valence-corrected chi connectivity index (χ3v) is 3.21. The fourth-order valence-electron chi connectivity index (χ4n) is 2.21. The van der Waals surface area contributed by atoms with E-state index in [1.54, 1.807) is 30.3 Å². The first-order valence-electron chi connectivity index (χ1n) is 6.16. The first-order chi connectivity index (χ1) is 9.66. The molecular weight excluding hydrogens is 256 g/mol. The van der Waals surface area contributed by atoms with Gasteiger partial charge in [-0.1, -0.05) is 30.3 Å². The molecule has 2 aromatic carbocycles. The minimum atomic E-state index is -0.255. The molecule has 20 heavy (non-hydrogen) atoms. The van der Waals surface area contributed by atoms with Gasteiger partial charge in [0.2, 0.25) is 0 Å². The van der Waals surface area contributed by atoms with E-state index < -0.39 is 0 Å². The predicted octanol–water partition coefficient (Wildman–Crippen LogP) is 3.27. The van der Waals surface area contributed by atoms with Crippen LogP contribution in [0, 0.1) is 0 Å². The number of rotatable bonds is 3. The number of aromatic hydroxyl groups is 2. The molecule has 4 heteroatoms. The van der Waals surface area contributed by atoms with Crippen molar-refractivity contribution < 1.29 is 19.4 Å². The molecule has 1 heterocycles. The summed E-state index contributed by atoms with van der Waals surface area (Å²) in [5, 5.41) is 19.8. The molecule has 0 saturated carbocycles. The number of fused-ring (bicyclic) bond motifs is 1. The number of hydrogen-bond acceptors (Lipinski definition) is 4. The molecular formula is C16H12O4. The highest BCUT2D eigenvalue weighted by Gasteiger charge is 2.16. The van der Waals surface area contributed by atoms with E-state index in [0.29, 0.717) is 22.1 Å². The van der Waals surface area contributed by atoms with Crippen LogP contribution < -0.4 is 0 Å². The first kappa shape index (κ1) is 12.3. The van der Waals surface area contributed by atoms with Crippen LogP contribution in [0.3, 0.4) is 0 Å². The number of hydrogen-bond donors (Lipinski definition) is 2. The van der Waals surface area contributed by atoms with Gasteiger partial charge in [0, 0.05) is 17.5 Å². The van der Waals surface area contributed by atoms with Crippen LogP contribution in [-0.2, 0) is 6.42 Å². The number of furan rings is 1. The lowest BCUT2D eigenvalue weighted by atomic mass is 10.0. The molecule has 3 rings (SSSR count). The molecule has 0 bridgehead atoms. The van der Waals surface area contributed by atoms with Gasteiger partial charge >= 0.3 is 0 Å². The fourth-order valence-corrected chi connectivity index (χ4v) is 2.21. The molecule has 0 atom stereocenters. The van der Waals surface area contributed by atoms with Crippen molar-refractivity contribution in [2.24, 2.45) is 0 Å². The first-order valence-corrected chi connectivity index (χ1v) is 6.16. The van der Waals surface area contributed by atoms with Crippen molar-refractivity contribution in [3.05, 3.63) is 59.9 Å². The SMILES string of the molecule is O=C(Cc1cc(O)c(O)c2ccoc12)c1ccccc1. The lowest BCUT2D eigenvalue weighted by Crippen LogP contribution is -2.03. The summed E-state index contributed by atoms with van der Waals surface area (Å²) < 4.78 is 5.30. The van der Waals surface area contributed by atoms with Gasteiger partial charge in [-0.25, -0.2) is 0 Å². The molecule has 0 aliphatic heterocycles. The maximum atomic E-state index is 12.2. The number of phenolic OH excluding ortho intramolecular Hbond substituents is 2. The molecule has 0 aliphatic rings. The molecule has 3 aromatic rings. The summed E-state index contributed by atoms with van der Waals surface area (Å²) in [6, 6.07) is 11.8. The highest BCUT2D eigenvalue weighted by atomic mass is 16.3. The Hall–Kier alpha value is -2.75. The van der Waals surface area contributed by atoms with Gasteiger partial charge in [-0.15, -0.1) is 0 Å². The van der Waals surface area contributed by atoms with E-state index in [1.165, 1.54) is 12.3 Å². The van der Waals surface area contributed by atoms with Crippen molar-refractivity contribution in [2.75, 3.05) is 0 Å². The summed E-state index contributed by atoms with van der Waals surface area (Å²) in [6.07, 6.45) is 1.52. The van der Waals surface area contributed by atoms with E-state index in [4.69, 9.17) is 4.42 Å². The van der Waals surface area contributed by atoms with Gasteiger partial charge in [-0.05, 0) is 12.1 Å². The molecule has 0 saturated heterocycles. The van der Waals surface area contributed by atoms with E-state index >= 15 is 0 Å². The summed E-state index contributed by atoms with van der Waals surface area (Å²) >= 11 is 0. The van der Waals surface area contributed by atoms with Crippen LogP contribution in [0.1, 0.15) is 15.9 Å². The van der Waals surface area contributed by atoms with Crippen molar-refractivity contribution in [3.8, 4) is 11.5 Å². The largest absolute Gasteiger partial charge is 0.504 e. The van der Waals surface area contributed by atoms with E-state index in [2.05, 4.69) is 0 Å². The highest BCUT2D eigenvalue weighted by Crippen LogP contribution is 2.37. The van der Waals surface area contributed by atoms with Crippen molar-refractivity contribution in [1.82, 2.24) is 0 Å². The van der Waals surface area contributed by atoms with Crippen LogP contribution in [0.5, 0.6) is 11.5 Å². The lowest BCUT2D eigenvalue weighted by molar-refractivity contribution is 0.0993. The molecule has 0 unspecified atom stereocenters. The number of benzene rings is 2. The Morgan fingerprint density at radius 2 is 1.85 bits per heavy atom. The third-order valence-electron chi connectivity index (χ3n) is 3.21. The zero-order valence-electron chi connectivity index (χ0n) is 10.5. The summed E-state index contributed by atoms with van der Waals surface area (Å²) in [5.41, 5.74) is 1.57. The monoisotopic (exact) mass is 268 g/mol. The van der Waals surface area contributed by atoms with Gasteiger partial charge in [0.05, 0.1) is 11.6 Å². The second-order valence-electron chi connectivity index (χ2n) is 4.53. The van der Waals surface area contributed by atoms with Crippen LogP contribution in [0.4, 0.5) is 0 Å². The van der Waals surface area contributed by atoms with E-state index in [9.17, 15) is 15.0 Å². The van der Waals surface area contributed by atoms with Crippen molar-refractivity contribution in [1.29, 1.82) is 0 Å².